The first kappa shape index (κ1) is 19.6. The summed E-state index contributed by atoms with van der Waals surface area (Å²) in [5.74, 6) is -0.806. The van der Waals surface area contributed by atoms with Crippen molar-refractivity contribution in [2.45, 2.75) is 40.5 Å². The van der Waals surface area contributed by atoms with Gasteiger partial charge in [-0.2, -0.15) is 0 Å². The highest BCUT2D eigenvalue weighted by molar-refractivity contribution is 7.12. The van der Waals surface area contributed by atoms with E-state index in [1.165, 1.54) is 48.9 Å². The van der Waals surface area contributed by atoms with Gasteiger partial charge in [-0.3, -0.25) is 4.79 Å². The lowest BCUT2D eigenvalue weighted by Gasteiger charge is -2.48. The van der Waals surface area contributed by atoms with Gasteiger partial charge in [0.25, 0.3) is 0 Å². The predicted octanol–water partition coefficient (Wildman–Crippen LogP) is 5.60. The van der Waals surface area contributed by atoms with Crippen LogP contribution in [0.2, 0.25) is 0 Å². The molecule has 0 amide bonds. The van der Waals surface area contributed by atoms with Crippen LogP contribution in [0.5, 0.6) is 0 Å². The highest BCUT2D eigenvalue weighted by Crippen LogP contribution is 2.59. The third-order valence-corrected chi connectivity index (χ3v) is 8.36. The van der Waals surface area contributed by atoms with Gasteiger partial charge in [0.05, 0.1) is 13.0 Å². The van der Waals surface area contributed by atoms with Crippen LogP contribution in [0.3, 0.4) is 0 Å². The minimum Gasteiger partial charge on any atom is -0.469 e. The highest BCUT2D eigenvalue weighted by Gasteiger charge is 2.52. The van der Waals surface area contributed by atoms with Crippen LogP contribution in [0.15, 0.2) is 12.1 Å². The van der Waals surface area contributed by atoms with Crippen LogP contribution in [0.25, 0.3) is 11.1 Å². The van der Waals surface area contributed by atoms with Gasteiger partial charge in [-0.05, 0) is 86.8 Å². The Labute approximate surface area is 174 Å². The second-order valence-electron chi connectivity index (χ2n) is 8.03. The number of hydrogen-bond donors (Lipinski definition) is 0. The summed E-state index contributed by atoms with van der Waals surface area (Å²) in [4.78, 5) is 30.0. The number of aldehydes is 1. The minimum absolute atomic E-state index is 0.0370. The molecule has 0 saturated heterocycles. The average molecular weight is 415 g/mol. The number of esters is 1. The zero-order valence-corrected chi connectivity index (χ0v) is 18.6. The molecule has 5 heteroatoms. The maximum Gasteiger partial charge on any atom is 0.310 e. The molecule has 0 aromatic carbocycles. The second-order valence-corrected chi connectivity index (χ2v) is 11.0. The summed E-state index contributed by atoms with van der Waals surface area (Å²) in [5.41, 5.74) is 5.11. The summed E-state index contributed by atoms with van der Waals surface area (Å²) in [6, 6.07) is 4.52. The Kier molecular flexibility index (Phi) is 5.09. The summed E-state index contributed by atoms with van der Waals surface area (Å²) in [5, 5.41) is 0. The molecule has 28 heavy (non-hydrogen) atoms. The van der Waals surface area contributed by atoms with Crippen LogP contribution in [0.1, 0.15) is 43.5 Å². The first-order valence-corrected chi connectivity index (χ1v) is 11.4. The van der Waals surface area contributed by atoms with Crippen LogP contribution >= 0.6 is 22.7 Å². The number of aryl methyl sites for hydroxylation is 4. The van der Waals surface area contributed by atoms with Crippen LogP contribution in [-0.4, -0.2) is 19.4 Å². The zero-order valence-electron chi connectivity index (χ0n) is 17.0. The predicted molar refractivity (Wildman–Crippen MR) is 116 cm³/mol. The smallest absolute Gasteiger partial charge is 0.310 e. The first-order chi connectivity index (χ1) is 13.4. The number of carbonyl (C=O) groups is 2. The van der Waals surface area contributed by atoms with E-state index >= 15 is 0 Å². The Bertz CT molecular complexity index is 978. The summed E-state index contributed by atoms with van der Waals surface area (Å²) >= 11 is 3.61. The van der Waals surface area contributed by atoms with Crippen molar-refractivity contribution in [3.8, 4) is 0 Å². The fourth-order valence-electron chi connectivity index (χ4n) is 5.43. The Balaban J connectivity index is 2.02. The summed E-state index contributed by atoms with van der Waals surface area (Å²) < 4.78 is 5.15. The zero-order chi connectivity index (χ0) is 20.2. The molecule has 1 fully saturated rings. The standard InChI is InChI=1S/C23H26O3S2/c1-11-8-17(13(3)27-11)20-15-6-7-16(22(19(15)10-24)23(25)26-5)21(20)18-9-12(2)28-14(18)4/h8-10,15-16,19,22H,6-7H2,1-5H3. The molecule has 3 nitrogen and oxygen atoms in total. The van der Waals surface area contributed by atoms with E-state index in [0.29, 0.717) is 0 Å². The van der Waals surface area contributed by atoms with E-state index in [4.69, 9.17) is 4.74 Å². The molecule has 2 bridgehead atoms. The van der Waals surface area contributed by atoms with Crippen molar-refractivity contribution in [2.75, 3.05) is 7.11 Å². The third kappa shape index (κ3) is 2.91. The maximum absolute atomic E-state index is 12.7. The van der Waals surface area contributed by atoms with Crippen molar-refractivity contribution in [3.05, 3.63) is 42.8 Å². The lowest BCUT2D eigenvalue weighted by atomic mass is 9.54. The van der Waals surface area contributed by atoms with Gasteiger partial charge in [0, 0.05) is 25.4 Å². The van der Waals surface area contributed by atoms with Crippen LogP contribution in [0.4, 0.5) is 0 Å². The third-order valence-electron chi connectivity index (χ3n) is 6.43. The molecule has 3 aliphatic carbocycles. The molecule has 2 aromatic heterocycles. The molecule has 0 spiro atoms. The lowest BCUT2D eigenvalue weighted by molar-refractivity contribution is -0.152. The van der Waals surface area contributed by atoms with Crippen LogP contribution in [-0.2, 0) is 14.3 Å². The quantitative estimate of drug-likeness (QED) is 0.483. The van der Waals surface area contributed by atoms with Crippen LogP contribution in [0, 0.1) is 51.4 Å². The molecule has 3 aliphatic rings. The van der Waals surface area contributed by atoms with Gasteiger partial charge in [-0.1, -0.05) is 0 Å². The molecule has 2 heterocycles. The molecule has 2 aromatic rings. The van der Waals surface area contributed by atoms with E-state index in [9.17, 15) is 9.59 Å². The number of methoxy groups -OCH3 is 1. The summed E-state index contributed by atoms with van der Waals surface area (Å²) in [6.45, 7) is 8.60. The number of carbonyl (C=O) groups excluding carboxylic acids is 2. The van der Waals surface area contributed by atoms with Gasteiger partial charge >= 0.3 is 5.97 Å². The Morgan fingerprint density at radius 1 is 0.964 bits per heavy atom. The Morgan fingerprint density at radius 3 is 1.89 bits per heavy atom. The maximum atomic E-state index is 12.7. The van der Waals surface area contributed by atoms with Gasteiger partial charge < -0.3 is 9.53 Å². The molecular weight excluding hydrogens is 388 g/mol. The number of allylic oxidation sites excluding steroid dienone is 2. The van der Waals surface area contributed by atoms with Crippen molar-refractivity contribution in [3.63, 3.8) is 0 Å². The molecule has 0 aliphatic heterocycles. The SMILES string of the molecule is COC(=O)C1C2CCC(C(c3cc(C)sc3C)=C2c2cc(C)sc2C)C1C=O. The highest BCUT2D eigenvalue weighted by atomic mass is 32.1. The van der Waals surface area contributed by atoms with Gasteiger partial charge in [0.15, 0.2) is 0 Å². The van der Waals surface area contributed by atoms with Crippen LogP contribution < -0.4 is 0 Å². The monoisotopic (exact) mass is 414 g/mol. The van der Waals surface area contributed by atoms with E-state index < -0.39 is 0 Å². The van der Waals surface area contributed by atoms with Crippen molar-refractivity contribution in [1.29, 1.82) is 0 Å². The van der Waals surface area contributed by atoms with Crippen molar-refractivity contribution in [1.82, 2.24) is 0 Å². The van der Waals surface area contributed by atoms with Crippen molar-refractivity contribution < 1.29 is 14.3 Å². The summed E-state index contributed by atoms with van der Waals surface area (Å²) in [6.07, 6.45) is 2.90. The fourth-order valence-corrected chi connectivity index (χ4v) is 7.31. The number of rotatable bonds is 4. The average Bonchev–Trinajstić information content (AvgIpc) is 3.19. The molecule has 148 valence electrons. The number of hydrogen-bond acceptors (Lipinski definition) is 5. The number of fused-ring (bicyclic) bond motifs is 2. The van der Waals surface area contributed by atoms with E-state index in [0.717, 1.165) is 19.1 Å². The fraction of sp³-hybridized carbons (Fsp3) is 0.478. The molecule has 0 N–H and O–H groups in total. The van der Waals surface area contributed by atoms with E-state index in [-0.39, 0.29) is 29.6 Å². The van der Waals surface area contributed by atoms with Gasteiger partial charge in [0.2, 0.25) is 0 Å². The lowest BCUT2D eigenvalue weighted by Crippen LogP contribution is -2.46. The summed E-state index contributed by atoms with van der Waals surface area (Å²) in [7, 11) is 1.43. The first-order valence-electron chi connectivity index (χ1n) is 9.79. The van der Waals surface area contributed by atoms with E-state index in [1.807, 2.05) is 0 Å². The van der Waals surface area contributed by atoms with Gasteiger partial charge in [-0.15, -0.1) is 22.7 Å². The molecule has 5 rings (SSSR count). The normalized spacial score (nSPS) is 26.6. The molecule has 4 unspecified atom stereocenters. The Hall–Kier alpha value is -1.72. The molecule has 4 atom stereocenters. The molecule has 1 saturated carbocycles. The van der Waals surface area contributed by atoms with E-state index in [2.05, 4.69) is 39.8 Å². The van der Waals surface area contributed by atoms with E-state index in [1.54, 1.807) is 22.7 Å². The molecular formula is C23H26O3S2. The van der Waals surface area contributed by atoms with Crippen molar-refractivity contribution >= 4 is 46.1 Å². The van der Waals surface area contributed by atoms with Crippen molar-refractivity contribution in [2.24, 2.45) is 23.7 Å². The second kappa shape index (κ2) is 7.27. The Morgan fingerprint density at radius 2 is 1.46 bits per heavy atom. The molecule has 0 radical (unpaired) electrons. The van der Waals surface area contributed by atoms with Gasteiger partial charge in [0.1, 0.15) is 6.29 Å². The topological polar surface area (TPSA) is 43.4 Å². The number of ether oxygens (including phenoxy) is 1. The number of thiophene rings is 2. The van der Waals surface area contributed by atoms with Gasteiger partial charge in [-0.25, -0.2) is 0 Å². The minimum atomic E-state index is -0.375. The largest absolute Gasteiger partial charge is 0.469 e.